The SMILES string of the molecule is COc1c(Cl)cc2c(c1Cl)SC1=CCCC=C1N2. The highest BCUT2D eigenvalue weighted by molar-refractivity contribution is 8.03. The molecular formula is C13H11Cl2NOS. The summed E-state index contributed by atoms with van der Waals surface area (Å²) in [6, 6.07) is 1.86. The van der Waals surface area contributed by atoms with Gasteiger partial charge < -0.3 is 10.1 Å². The Morgan fingerprint density at radius 3 is 2.83 bits per heavy atom. The van der Waals surface area contributed by atoms with Gasteiger partial charge in [0.1, 0.15) is 5.02 Å². The van der Waals surface area contributed by atoms with E-state index in [-0.39, 0.29) is 0 Å². The van der Waals surface area contributed by atoms with Gasteiger partial charge in [-0.2, -0.15) is 0 Å². The van der Waals surface area contributed by atoms with E-state index in [4.69, 9.17) is 27.9 Å². The fourth-order valence-electron chi connectivity index (χ4n) is 2.08. The van der Waals surface area contributed by atoms with Crippen molar-refractivity contribution in [2.24, 2.45) is 0 Å². The smallest absolute Gasteiger partial charge is 0.157 e. The van der Waals surface area contributed by atoms with Gasteiger partial charge in [0.15, 0.2) is 5.75 Å². The molecule has 2 nitrogen and oxygen atoms in total. The normalized spacial score (nSPS) is 17.1. The second-order valence-electron chi connectivity index (χ2n) is 4.07. The zero-order valence-electron chi connectivity index (χ0n) is 9.72. The van der Waals surface area contributed by atoms with Crippen molar-refractivity contribution >= 4 is 40.7 Å². The van der Waals surface area contributed by atoms with Gasteiger partial charge in [-0.05, 0) is 18.9 Å². The first-order chi connectivity index (χ1) is 8.70. The lowest BCUT2D eigenvalue weighted by molar-refractivity contribution is 0.414. The number of ether oxygens (including phenoxy) is 1. The van der Waals surface area contributed by atoms with Crippen LogP contribution in [0, 0.1) is 0 Å². The third-order valence-corrected chi connectivity index (χ3v) is 4.92. The molecule has 0 fully saturated rings. The van der Waals surface area contributed by atoms with Gasteiger partial charge in [0.05, 0.1) is 22.7 Å². The molecule has 1 heterocycles. The molecule has 94 valence electrons. The summed E-state index contributed by atoms with van der Waals surface area (Å²) in [5, 5.41) is 4.48. The van der Waals surface area contributed by atoms with Crippen LogP contribution in [0.5, 0.6) is 5.75 Å². The van der Waals surface area contributed by atoms with Crippen LogP contribution >= 0.6 is 35.0 Å². The van der Waals surface area contributed by atoms with Crippen LogP contribution in [0.25, 0.3) is 0 Å². The molecular weight excluding hydrogens is 289 g/mol. The van der Waals surface area contributed by atoms with Crippen LogP contribution in [0.15, 0.2) is 33.7 Å². The first-order valence-electron chi connectivity index (χ1n) is 5.62. The second-order valence-corrected chi connectivity index (χ2v) is 5.91. The number of halogens is 2. The molecule has 0 saturated carbocycles. The predicted octanol–water partition coefficient (Wildman–Crippen LogP) is 5.08. The summed E-state index contributed by atoms with van der Waals surface area (Å²) in [6.45, 7) is 0. The Hall–Kier alpha value is -0.770. The van der Waals surface area contributed by atoms with E-state index in [0.717, 1.165) is 29.1 Å². The van der Waals surface area contributed by atoms with Gasteiger partial charge in [-0.25, -0.2) is 0 Å². The third kappa shape index (κ3) is 1.91. The minimum absolute atomic E-state index is 0.526. The zero-order chi connectivity index (χ0) is 12.7. The highest BCUT2D eigenvalue weighted by Gasteiger charge is 2.25. The molecule has 1 aliphatic carbocycles. The molecule has 0 unspecified atom stereocenters. The molecule has 5 heteroatoms. The molecule has 1 aromatic rings. The minimum Gasteiger partial charge on any atom is -0.494 e. The average Bonchev–Trinajstić information content (AvgIpc) is 2.37. The molecule has 0 amide bonds. The van der Waals surface area contributed by atoms with E-state index >= 15 is 0 Å². The number of allylic oxidation sites excluding steroid dienone is 2. The number of benzene rings is 1. The molecule has 0 atom stereocenters. The number of fused-ring (bicyclic) bond motifs is 2. The fourth-order valence-corrected chi connectivity index (χ4v) is 3.87. The molecule has 1 aliphatic heterocycles. The summed E-state index contributed by atoms with van der Waals surface area (Å²) >= 11 is 14.2. The van der Waals surface area contributed by atoms with Crippen molar-refractivity contribution in [3.8, 4) is 5.75 Å². The Labute approximate surface area is 120 Å². The Morgan fingerprint density at radius 2 is 2.06 bits per heavy atom. The quantitative estimate of drug-likeness (QED) is 0.781. The topological polar surface area (TPSA) is 21.3 Å². The van der Waals surface area contributed by atoms with Crippen LogP contribution in [0.3, 0.4) is 0 Å². The van der Waals surface area contributed by atoms with Crippen molar-refractivity contribution in [2.75, 3.05) is 12.4 Å². The third-order valence-electron chi connectivity index (χ3n) is 2.93. The maximum Gasteiger partial charge on any atom is 0.157 e. The number of anilines is 1. The Morgan fingerprint density at radius 1 is 1.28 bits per heavy atom. The van der Waals surface area contributed by atoms with Crippen molar-refractivity contribution in [3.63, 3.8) is 0 Å². The number of methoxy groups -OCH3 is 1. The maximum atomic E-state index is 6.35. The minimum atomic E-state index is 0.526. The highest BCUT2D eigenvalue weighted by atomic mass is 35.5. The summed E-state index contributed by atoms with van der Waals surface area (Å²) in [5.74, 6) is 0.537. The number of nitrogens with one attached hydrogen (secondary N) is 1. The lowest BCUT2D eigenvalue weighted by Gasteiger charge is -2.26. The van der Waals surface area contributed by atoms with Gasteiger partial charge in [0.25, 0.3) is 0 Å². The van der Waals surface area contributed by atoms with Crippen molar-refractivity contribution in [1.82, 2.24) is 0 Å². The molecule has 18 heavy (non-hydrogen) atoms. The van der Waals surface area contributed by atoms with Crippen molar-refractivity contribution in [2.45, 2.75) is 17.7 Å². The summed E-state index contributed by atoms with van der Waals surface area (Å²) in [4.78, 5) is 2.20. The number of thioether (sulfide) groups is 1. The number of hydrogen-bond acceptors (Lipinski definition) is 3. The molecule has 0 aromatic heterocycles. The van der Waals surface area contributed by atoms with Crippen LogP contribution in [-0.2, 0) is 0 Å². The number of hydrogen-bond donors (Lipinski definition) is 1. The molecule has 2 aliphatic rings. The van der Waals surface area contributed by atoms with Crippen LogP contribution in [0.2, 0.25) is 10.0 Å². The first kappa shape index (κ1) is 12.3. The van der Waals surface area contributed by atoms with Gasteiger partial charge in [-0.1, -0.05) is 47.1 Å². The van der Waals surface area contributed by atoms with E-state index in [9.17, 15) is 0 Å². The largest absolute Gasteiger partial charge is 0.494 e. The van der Waals surface area contributed by atoms with E-state index in [1.165, 1.54) is 4.91 Å². The first-order valence-corrected chi connectivity index (χ1v) is 7.19. The Kier molecular flexibility index (Phi) is 3.22. The lowest BCUT2D eigenvalue weighted by Crippen LogP contribution is -2.10. The molecule has 0 saturated heterocycles. The molecule has 1 N–H and O–H groups in total. The molecule has 0 spiro atoms. The summed E-state index contributed by atoms with van der Waals surface area (Å²) in [7, 11) is 1.58. The number of rotatable bonds is 1. The van der Waals surface area contributed by atoms with Crippen LogP contribution in [0.4, 0.5) is 5.69 Å². The van der Waals surface area contributed by atoms with Gasteiger partial charge in [0.2, 0.25) is 0 Å². The molecule has 1 aromatic carbocycles. The van der Waals surface area contributed by atoms with E-state index in [2.05, 4.69) is 17.5 Å². The monoisotopic (exact) mass is 299 g/mol. The van der Waals surface area contributed by atoms with Gasteiger partial charge >= 0.3 is 0 Å². The summed E-state index contributed by atoms with van der Waals surface area (Å²) in [5.41, 5.74) is 2.09. The second kappa shape index (κ2) is 4.72. The van der Waals surface area contributed by atoms with Gasteiger partial charge in [-0.3, -0.25) is 0 Å². The van der Waals surface area contributed by atoms with E-state index in [1.807, 2.05) is 6.07 Å². The Bertz CT molecular complexity index is 581. The standard InChI is InChI=1S/C13H11Cl2NOS/c1-17-12-7(14)6-9-13(11(12)15)18-10-5-3-2-4-8(10)16-9/h4-6,16H,2-3H2,1H3. The lowest BCUT2D eigenvalue weighted by atomic mass is 10.1. The van der Waals surface area contributed by atoms with E-state index in [0.29, 0.717) is 15.8 Å². The average molecular weight is 300 g/mol. The molecule has 3 rings (SSSR count). The summed E-state index contributed by atoms with van der Waals surface area (Å²) < 4.78 is 5.24. The highest BCUT2D eigenvalue weighted by Crippen LogP contribution is 2.51. The van der Waals surface area contributed by atoms with Crippen molar-refractivity contribution in [1.29, 1.82) is 0 Å². The van der Waals surface area contributed by atoms with Gasteiger partial charge in [-0.15, -0.1) is 0 Å². The van der Waals surface area contributed by atoms with Crippen LogP contribution < -0.4 is 10.1 Å². The van der Waals surface area contributed by atoms with Crippen molar-refractivity contribution < 1.29 is 4.74 Å². The van der Waals surface area contributed by atoms with E-state index < -0.39 is 0 Å². The zero-order valence-corrected chi connectivity index (χ0v) is 12.0. The Balaban J connectivity index is 2.14. The summed E-state index contributed by atoms with van der Waals surface area (Å²) in [6.07, 6.45) is 6.58. The van der Waals surface area contributed by atoms with Crippen LogP contribution in [0.1, 0.15) is 12.8 Å². The fraction of sp³-hybridized carbons (Fsp3) is 0.231. The van der Waals surface area contributed by atoms with Crippen molar-refractivity contribution in [3.05, 3.63) is 38.9 Å². The predicted molar refractivity (Wildman–Crippen MR) is 77.9 cm³/mol. The van der Waals surface area contributed by atoms with Crippen LogP contribution in [-0.4, -0.2) is 7.11 Å². The molecule has 0 radical (unpaired) electrons. The van der Waals surface area contributed by atoms with E-state index in [1.54, 1.807) is 18.9 Å². The molecule has 0 bridgehead atoms. The van der Waals surface area contributed by atoms with Gasteiger partial charge in [0, 0.05) is 10.6 Å². The maximum absolute atomic E-state index is 6.35.